The largest absolute Gasteiger partial charge is 0.469 e. The van der Waals surface area contributed by atoms with E-state index in [0.717, 1.165) is 16.5 Å². The van der Waals surface area contributed by atoms with Gasteiger partial charge < -0.3 is 14.0 Å². The van der Waals surface area contributed by atoms with Crippen LogP contribution in [0.5, 0.6) is 0 Å². The van der Waals surface area contributed by atoms with Crippen molar-refractivity contribution in [2.45, 2.75) is 25.8 Å². The van der Waals surface area contributed by atoms with Gasteiger partial charge in [0.05, 0.1) is 26.2 Å². The van der Waals surface area contributed by atoms with Gasteiger partial charge in [-0.25, -0.2) is 4.79 Å². The minimum absolute atomic E-state index is 0.0372. The van der Waals surface area contributed by atoms with Crippen molar-refractivity contribution < 1.29 is 19.1 Å². The summed E-state index contributed by atoms with van der Waals surface area (Å²) in [5, 5.41) is 0.949. The number of hydrogen-bond donors (Lipinski definition) is 0. The highest BCUT2D eigenvalue weighted by molar-refractivity contribution is 5.96. The first-order valence-corrected chi connectivity index (χ1v) is 8.85. The van der Waals surface area contributed by atoms with Crippen LogP contribution in [0, 0.1) is 0 Å². The van der Waals surface area contributed by atoms with Crippen LogP contribution in [0.3, 0.4) is 0 Å². The predicted molar refractivity (Wildman–Crippen MR) is 104 cm³/mol. The highest BCUT2D eigenvalue weighted by atomic mass is 16.5. The first kappa shape index (κ1) is 18.7. The zero-order valence-corrected chi connectivity index (χ0v) is 15.8. The average molecular weight is 365 g/mol. The minimum Gasteiger partial charge on any atom is -0.469 e. The van der Waals surface area contributed by atoms with Gasteiger partial charge in [0.2, 0.25) is 0 Å². The van der Waals surface area contributed by atoms with Crippen LogP contribution in [0.25, 0.3) is 10.9 Å². The molecule has 1 atom stereocenters. The summed E-state index contributed by atoms with van der Waals surface area (Å²) in [6, 6.07) is 15.7. The molecule has 0 N–H and O–H groups in total. The maximum Gasteiger partial charge on any atom is 0.337 e. The molecule has 0 saturated carbocycles. The Morgan fingerprint density at radius 1 is 1.04 bits per heavy atom. The van der Waals surface area contributed by atoms with E-state index in [4.69, 9.17) is 9.47 Å². The summed E-state index contributed by atoms with van der Waals surface area (Å²) >= 11 is 0. The number of esters is 2. The van der Waals surface area contributed by atoms with Crippen molar-refractivity contribution in [3.8, 4) is 0 Å². The van der Waals surface area contributed by atoms with Gasteiger partial charge in [-0.1, -0.05) is 37.3 Å². The second-order valence-electron chi connectivity index (χ2n) is 6.60. The quantitative estimate of drug-likeness (QED) is 0.616. The van der Waals surface area contributed by atoms with Crippen molar-refractivity contribution in [1.29, 1.82) is 0 Å². The summed E-state index contributed by atoms with van der Waals surface area (Å²) < 4.78 is 11.8. The summed E-state index contributed by atoms with van der Waals surface area (Å²) in [7, 11) is 2.76. The van der Waals surface area contributed by atoms with Crippen LogP contribution >= 0.6 is 0 Å². The molecule has 0 unspecified atom stereocenters. The van der Waals surface area contributed by atoms with Gasteiger partial charge in [0.15, 0.2) is 0 Å². The van der Waals surface area contributed by atoms with Crippen molar-refractivity contribution >= 4 is 22.8 Å². The van der Waals surface area contributed by atoms with Gasteiger partial charge in [-0.15, -0.1) is 0 Å². The Balaban J connectivity index is 2.07. The molecule has 5 heteroatoms. The number of ether oxygens (including phenoxy) is 2. The van der Waals surface area contributed by atoms with Gasteiger partial charge in [0, 0.05) is 23.6 Å². The molecular weight excluding hydrogens is 342 g/mol. The van der Waals surface area contributed by atoms with Crippen molar-refractivity contribution in [2.24, 2.45) is 0 Å². The molecule has 0 amide bonds. The number of rotatable bonds is 6. The maximum atomic E-state index is 12.0. The van der Waals surface area contributed by atoms with Crippen molar-refractivity contribution in [2.75, 3.05) is 14.2 Å². The molecular formula is C22H23NO4. The van der Waals surface area contributed by atoms with Gasteiger partial charge in [-0.3, -0.25) is 4.79 Å². The van der Waals surface area contributed by atoms with Crippen molar-refractivity contribution in [3.63, 3.8) is 0 Å². The Labute approximate surface area is 158 Å². The van der Waals surface area contributed by atoms with Crippen LogP contribution in [-0.4, -0.2) is 30.7 Å². The Kier molecular flexibility index (Phi) is 5.60. The monoisotopic (exact) mass is 365 g/mol. The number of benzene rings is 2. The van der Waals surface area contributed by atoms with Crippen LogP contribution in [0.4, 0.5) is 0 Å². The number of fused-ring (bicyclic) bond motifs is 1. The molecule has 0 saturated heterocycles. The first-order chi connectivity index (χ1) is 13.0. The predicted octanol–water partition coefficient (Wildman–Crippen LogP) is 4.14. The minimum atomic E-state index is -0.376. The second kappa shape index (κ2) is 8.08. The van der Waals surface area contributed by atoms with Gasteiger partial charge >= 0.3 is 11.9 Å². The lowest BCUT2D eigenvalue weighted by Crippen LogP contribution is -2.06. The molecule has 3 aromatic rings. The molecule has 0 radical (unpaired) electrons. The Hall–Kier alpha value is -3.08. The van der Waals surface area contributed by atoms with Crippen LogP contribution in [-0.2, 0) is 20.8 Å². The highest BCUT2D eigenvalue weighted by Gasteiger charge is 2.19. The van der Waals surface area contributed by atoms with Gasteiger partial charge in [0.1, 0.15) is 0 Å². The fourth-order valence-corrected chi connectivity index (χ4v) is 3.32. The molecule has 2 aromatic carbocycles. The standard InChI is InChI=1S/C22H23NO4/c1-15(11-21(24)26-2)19-14-23(13-16-7-5-4-6-8-16)20-10-9-17(12-18(19)20)22(25)27-3/h4-10,12,14-15H,11,13H2,1-3H3/t15-/m0/s1. The smallest absolute Gasteiger partial charge is 0.337 e. The number of hydrogen-bond acceptors (Lipinski definition) is 4. The van der Waals surface area contributed by atoms with Gasteiger partial charge in [0.25, 0.3) is 0 Å². The zero-order valence-electron chi connectivity index (χ0n) is 15.8. The zero-order chi connectivity index (χ0) is 19.4. The topological polar surface area (TPSA) is 57.5 Å². The van der Waals surface area contributed by atoms with E-state index >= 15 is 0 Å². The van der Waals surface area contributed by atoms with E-state index in [-0.39, 0.29) is 24.3 Å². The third-order valence-corrected chi connectivity index (χ3v) is 4.76. The van der Waals surface area contributed by atoms with Gasteiger partial charge in [-0.05, 0) is 35.2 Å². The van der Waals surface area contributed by atoms with E-state index in [2.05, 4.69) is 22.9 Å². The molecule has 5 nitrogen and oxygen atoms in total. The average Bonchev–Trinajstić information content (AvgIpc) is 3.05. The molecule has 27 heavy (non-hydrogen) atoms. The van der Waals surface area contributed by atoms with E-state index in [1.165, 1.54) is 19.8 Å². The Morgan fingerprint density at radius 3 is 2.44 bits per heavy atom. The van der Waals surface area contributed by atoms with E-state index in [9.17, 15) is 9.59 Å². The molecule has 0 fully saturated rings. The van der Waals surface area contributed by atoms with Crippen molar-refractivity contribution in [3.05, 3.63) is 71.4 Å². The number of carbonyl (C=O) groups excluding carboxylic acids is 2. The fraction of sp³-hybridized carbons (Fsp3) is 0.273. The molecule has 0 aliphatic heterocycles. The van der Waals surface area contributed by atoms with E-state index in [1.807, 2.05) is 37.3 Å². The summed E-state index contributed by atoms with van der Waals surface area (Å²) in [5.74, 6) is -0.667. The SMILES string of the molecule is COC(=O)C[C@H](C)c1cn(Cc2ccccc2)c2ccc(C(=O)OC)cc12. The molecule has 0 bridgehead atoms. The number of methoxy groups -OCH3 is 2. The van der Waals surface area contributed by atoms with E-state index < -0.39 is 0 Å². The van der Waals surface area contributed by atoms with Crippen LogP contribution < -0.4 is 0 Å². The molecule has 0 spiro atoms. The molecule has 1 heterocycles. The summed E-state index contributed by atoms with van der Waals surface area (Å²) in [5.41, 5.74) is 3.70. The highest BCUT2D eigenvalue weighted by Crippen LogP contribution is 2.31. The van der Waals surface area contributed by atoms with E-state index in [0.29, 0.717) is 12.1 Å². The molecule has 0 aliphatic carbocycles. The maximum absolute atomic E-state index is 12.0. The van der Waals surface area contributed by atoms with Gasteiger partial charge in [-0.2, -0.15) is 0 Å². The van der Waals surface area contributed by atoms with Crippen LogP contribution in [0.2, 0.25) is 0 Å². The molecule has 140 valence electrons. The third-order valence-electron chi connectivity index (χ3n) is 4.76. The summed E-state index contributed by atoms with van der Waals surface area (Å²) in [4.78, 5) is 23.7. The third kappa shape index (κ3) is 4.03. The lowest BCUT2D eigenvalue weighted by Gasteiger charge is -2.09. The second-order valence-corrected chi connectivity index (χ2v) is 6.60. The number of aromatic nitrogens is 1. The molecule has 3 rings (SSSR count). The number of carbonyl (C=O) groups is 2. The lowest BCUT2D eigenvalue weighted by atomic mass is 9.96. The number of nitrogens with zero attached hydrogens (tertiary/aromatic N) is 1. The van der Waals surface area contributed by atoms with Crippen molar-refractivity contribution in [1.82, 2.24) is 4.57 Å². The van der Waals surface area contributed by atoms with Crippen LogP contribution in [0.1, 0.15) is 40.7 Å². The lowest BCUT2D eigenvalue weighted by molar-refractivity contribution is -0.140. The van der Waals surface area contributed by atoms with Crippen LogP contribution in [0.15, 0.2) is 54.7 Å². The molecule has 1 aromatic heterocycles. The van der Waals surface area contributed by atoms with E-state index in [1.54, 1.807) is 6.07 Å². The summed E-state index contributed by atoms with van der Waals surface area (Å²) in [6.45, 7) is 2.70. The Bertz CT molecular complexity index is 959. The normalized spacial score (nSPS) is 12.0. The first-order valence-electron chi connectivity index (χ1n) is 8.85. The Morgan fingerprint density at radius 2 is 1.78 bits per heavy atom. The summed E-state index contributed by atoms with van der Waals surface area (Å²) in [6.07, 6.45) is 2.34. The molecule has 0 aliphatic rings. The fourth-order valence-electron chi connectivity index (χ4n) is 3.32.